The summed E-state index contributed by atoms with van der Waals surface area (Å²) in [5, 5.41) is 13.0. The van der Waals surface area contributed by atoms with E-state index in [2.05, 4.69) is 15.1 Å². The average molecular weight is 232 g/mol. The van der Waals surface area contributed by atoms with E-state index in [9.17, 15) is 4.79 Å². The highest BCUT2D eigenvalue weighted by atomic mass is 16.4. The van der Waals surface area contributed by atoms with Gasteiger partial charge in [-0.1, -0.05) is 0 Å². The van der Waals surface area contributed by atoms with E-state index < -0.39 is 5.97 Å². The predicted octanol–water partition coefficient (Wildman–Crippen LogP) is 1.29. The summed E-state index contributed by atoms with van der Waals surface area (Å²) >= 11 is 0. The average Bonchev–Trinajstić information content (AvgIpc) is 2.58. The van der Waals surface area contributed by atoms with E-state index in [4.69, 9.17) is 5.11 Å². The molecule has 0 bridgehead atoms. The van der Waals surface area contributed by atoms with E-state index in [0.29, 0.717) is 17.3 Å². The van der Waals surface area contributed by atoms with E-state index >= 15 is 0 Å². The zero-order valence-corrected chi connectivity index (χ0v) is 9.80. The van der Waals surface area contributed by atoms with Crippen molar-refractivity contribution in [1.29, 1.82) is 0 Å². The number of hydrogen-bond acceptors (Lipinski definition) is 4. The molecule has 0 amide bonds. The van der Waals surface area contributed by atoms with Crippen molar-refractivity contribution in [3.8, 4) is 5.82 Å². The zero-order chi connectivity index (χ0) is 12.6. The minimum absolute atomic E-state index is 0.180. The molecule has 2 rings (SSSR count). The van der Waals surface area contributed by atoms with Crippen molar-refractivity contribution < 1.29 is 9.90 Å². The van der Waals surface area contributed by atoms with Gasteiger partial charge in [-0.3, -0.25) is 0 Å². The first-order valence-corrected chi connectivity index (χ1v) is 5.09. The molecule has 88 valence electrons. The molecule has 0 radical (unpaired) electrons. The lowest BCUT2D eigenvalue weighted by Gasteiger charge is -2.05. The van der Waals surface area contributed by atoms with Crippen LogP contribution in [0.5, 0.6) is 0 Å². The summed E-state index contributed by atoms with van der Waals surface area (Å²) in [7, 11) is 0. The van der Waals surface area contributed by atoms with Crippen LogP contribution in [-0.2, 0) is 0 Å². The standard InChI is InChI=1S/C11H12N4O2/c1-6-4-10(14-8(3)13-6)15-7(2)9(5-12-15)11(16)17/h4-5H,1-3H3,(H,16,17). The van der Waals surface area contributed by atoms with Gasteiger partial charge in [0.05, 0.1) is 11.9 Å². The van der Waals surface area contributed by atoms with Gasteiger partial charge < -0.3 is 5.11 Å². The molecule has 2 aromatic heterocycles. The van der Waals surface area contributed by atoms with Gasteiger partial charge in [-0.15, -0.1) is 0 Å². The van der Waals surface area contributed by atoms with Gasteiger partial charge in [0, 0.05) is 11.8 Å². The lowest BCUT2D eigenvalue weighted by Crippen LogP contribution is -2.06. The van der Waals surface area contributed by atoms with E-state index in [0.717, 1.165) is 5.69 Å². The first kappa shape index (κ1) is 11.3. The summed E-state index contributed by atoms with van der Waals surface area (Å²) in [6, 6.07) is 1.76. The van der Waals surface area contributed by atoms with Crippen molar-refractivity contribution in [3.63, 3.8) is 0 Å². The Labute approximate surface area is 98.0 Å². The van der Waals surface area contributed by atoms with E-state index in [1.807, 2.05) is 6.92 Å². The molecule has 0 saturated carbocycles. The summed E-state index contributed by atoms with van der Waals surface area (Å²) < 4.78 is 1.51. The van der Waals surface area contributed by atoms with Gasteiger partial charge in [0.25, 0.3) is 0 Å². The lowest BCUT2D eigenvalue weighted by atomic mass is 10.3. The van der Waals surface area contributed by atoms with Gasteiger partial charge in [0.2, 0.25) is 0 Å². The van der Waals surface area contributed by atoms with Crippen molar-refractivity contribution >= 4 is 5.97 Å². The SMILES string of the molecule is Cc1cc(-n2ncc(C(=O)O)c2C)nc(C)n1. The maximum absolute atomic E-state index is 10.9. The molecule has 17 heavy (non-hydrogen) atoms. The third-order valence-electron chi connectivity index (χ3n) is 2.41. The molecular formula is C11H12N4O2. The molecule has 0 aliphatic rings. The summed E-state index contributed by atoms with van der Waals surface area (Å²) in [5.41, 5.74) is 1.55. The highest BCUT2D eigenvalue weighted by Gasteiger charge is 2.14. The van der Waals surface area contributed by atoms with Crippen molar-refractivity contribution in [2.24, 2.45) is 0 Å². The molecule has 0 spiro atoms. The largest absolute Gasteiger partial charge is 0.478 e. The first-order valence-electron chi connectivity index (χ1n) is 5.09. The van der Waals surface area contributed by atoms with Crippen LogP contribution in [0.25, 0.3) is 5.82 Å². The molecule has 0 atom stereocenters. The number of aromatic carboxylic acids is 1. The molecule has 2 heterocycles. The Morgan fingerprint density at radius 1 is 1.29 bits per heavy atom. The van der Waals surface area contributed by atoms with Crippen LogP contribution in [0.3, 0.4) is 0 Å². The van der Waals surface area contributed by atoms with E-state index in [-0.39, 0.29) is 5.56 Å². The van der Waals surface area contributed by atoms with Crippen molar-refractivity contribution in [2.45, 2.75) is 20.8 Å². The van der Waals surface area contributed by atoms with Gasteiger partial charge in [-0.2, -0.15) is 5.10 Å². The van der Waals surface area contributed by atoms with E-state index in [1.54, 1.807) is 19.9 Å². The van der Waals surface area contributed by atoms with Crippen molar-refractivity contribution in [1.82, 2.24) is 19.7 Å². The van der Waals surface area contributed by atoms with Crippen LogP contribution >= 0.6 is 0 Å². The van der Waals surface area contributed by atoms with Crippen molar-refractivity contribution in [3.05, 3.63) is 35.0 Å². The van der Waals surface area contributed by atoms with E-state index in [1.165, 1.54) is 10.9 Å². The summed E-state index contributed by atoms with van der Waals surface area (Å²) in [5.74, 6) is 0.225. The van der Waals surface area contributed by atoms with Gasteiger partial charge in [0.15, 0.2) is 5.82 Å². The summed E-state index contributed by atoms with van der Waals surface area (Å²) in [6.45, 7) is 5.34. The minimum atomic E-state index is -0.990. The highest BCUT2D eigenvalue weighted by Crippen LogP contribution is 2.13. The minimum Gasteiger partial charge on any atom is -0.478 e. The lowest BCUT2D eigenvalue weighted by molar-refractivity contribution is 0.0696. The molecule has 0 saturated heterocycles. The number of rotatable bonds is 2. The zero-order valence-electron chi connectivity index (χ0n) is 9.80. The Bertz CT molecular complexity index is 569. The Balaban J connectivity index is 2.57. The number of aromatic nitrogens is 4. The second-order valence-electron chi connectivity index (χ2n) is 3.78. The van der Waals surface area contributed by atoms with Crippen LogP contribution in [-0.4, -0.2) is 30.8 Å². The Hall–Kier alpha value is -2.24. The summed E-state index contributed by atoms with van der Waals surface area (Å²) in [4.78, 5) is 19.3. The Kier molecular flexibility index (Phi) is 2.63. The first-order chi connectivity index (χ1) is 7.99. The monoisotopic (exact) mass is 232 g/mol. The number of carboxylic acid groups (broad SMARTS) is 1. The Morgan fingerprint density at radius 3 is 2.53 bits per heavy atom. The molecule has 1 N–H and O–H groups in total. The third kappa shape index (κ3) is 2.01. The number of nitrogens with zero attached hydrogens (tertiary/aromatic N) is 4. The second-order valence-corrected chi connectivity index (χ2v) is 3.78. The maximum Gasteiger partial charge on any atom is 0.339 e. The van der Waals surface area contributed by atoms with Gasteiger partial charge >= 0.3 is 5.97 Å². The molecule has 0 aliphatic heterocycles. The van der Waals surface area contributed by atoms with Gasteiger partial charge in [-0.05, 0) is 20.8 Å². The maximum atomic E-state index is 10.9. The number of aryl methyl sites for hydroxylation is 2. The highest BCUT2D eigenvalue weighted by molar-refractivity contribution is 5.88. The quantitative estimate of drug-likeness (QED) is 0.843. The molecule has 2 aromatic rings. The molecular weight excluding hydrogens is 220 g/mol. The smallest absolute Gasteiger partial charge is 0.339 e. The number of carbonyl (C=O) groups is 1. The predicted molar refractivity (Wildman–Crippen MR) is 60.3 cm³/mol. The van der Waals surface area contributed by atoms with Crippen LogP contribution in [0.1, 0.15) is 27.6 Å². The fourth-order valence-electron chi connectivity index (χ4n) is 1.66. The van der Waals surface area contributed by atoms with Crippen LogP contribution in [0, 0.1) is 20.8 Å². The molecule has 0 fully saturated rings. The van der Waals surface area contributed by atoms with Crippen LogP contribution < -0.4 is 0 Å². The van der Waals surface area contributed by atoms with Crippen LogP contribution in [0.4, 0.5) is 0 Å². The molecule has 0 aromatic carbocycles. The Morgan fingerprint density at radius 2 is 2.00 bits per heavy atom. The topological polar surface area (TPSA) is 80.9 Å². The fourth-order valence-corrected chi connectivity index (χ4v) is 1.66. The second kappa shape index (κ2) is 3.97. The molecule has 6 nitrogen and oxygen atoms in total. The fraction of sp³-hybridized carbons (Fsp3) is 0.273. The third-order valence-corrected chi connectivity index (χ3v) is 2.41. The normalized spacial score (nSPS) is 10.5. The van der Waals surface area contributed by atoms with Crippen molar-refractivity contribution in [2.75, 3.05) is 0 Å². The van der Waals surface area contributed by atoms with Crippen LogP contribution in [0.2, 0.25) is 0 Å². The number of hydrogen-bond donors (Lipinski definition) is 1. The van der Waals surface area contributed by atoms with Crippen LogP contribution in [0.15, 0.2) is 12.3 Å². The van der Waals surface area contributed by atoms with Gasteiger partial charge in [-0.25, -0.2) is 19.4 Å². The number of carboxylic acids is 1. The molecule has 0 unspecified atom stereocenters. The summed E-state index contributed by atoms with van der Waals surface area (Å²) in [6.07, 6.45) is 1.32. The molecule has 6 heteroatoms. The molecule has 0 aliphatic carbocycles. The van der Waals surface area contributed by atoms with Gasteiger partial charge in [0.1, 0.15) is 11.4 Å².